The highest BCUT2D eigenvalue weighted by atomic mass is 79.9. The molecule has 0 unspecified atom stereocenters. The van der Waals surface area contributed by atoms with Gasteiger partial charge in [0.05, 0.1) is 6.42 Å². The molecular formula is C11H9BrO3. The highest BCUT2D eigenvalue weighted by Crippen LogP contribution is 2.36. The fraction of sp³-hybridized carbons (Fsp3) is 0.273. The molecule has 3 nitrogen and oxygen atoms in total. The second kappa shape index (κ2) is 3.77. The summed E-state index contributed by atoms with van der Waals surface area (Å²) in [6, 6.07) is 5.40. The molecule has 0 heterocycles. The van der Waals surface area contributed by atoms with E-state index in [2.05, 4.69) is 15.9 Å². The average Bonchev–Trinajstić information content (AvgIpc) is 2.42. The van der Waals surface area contributed by atoms with Crippen molar-refractivity contribution in [2.75, 3.05) is 0 Å². The zero-order valence-corrected chi connectivity index (χ0v) is 9.45. The van der Waals surface area contributed by atoms with E-state index < -0.39 is 5.97 Å². The molecule has 1 aromatic rings. The Morgan fingerprint density at radius 3 is 2.93 bits per heavy atom. The number of fused-ring (bicyclic) bond motifs is 1. The molecular weight excluding hydrogens is 260 g/mol. The van der Waals surface area contributed by atoms with Crippen molar-refractivity contribution in [3.63, 3.8) is 0 Å². The van der Waals surface area contributed by atoms with E-state index in [4.69, 9.17) is 5.11 Å². The molecule has 2 rings (SSSR count). The zero-order chi connectivity index (χ0) is 11.0. The fourth-order valence-electron chi connectivity index (χ4n) is 1.96. The Hall–Kier alpha value is -1.16. The summed E-state index contributed by atoms with van der Waals surface area (Å²) < 4.78 is 0.881. The molecule has 0 saturated heterocycles. The molecule has 0 spiro atoms. The van der Waals surface area contributed by atoms with Crippen molar-refractivity contribution in [2.45, 2.75) is 18.8 Å². The van der Waals surface area contributed by atoms with Gasteiger partial charge in [0.25, 0.3) is 0 Å². The number of halogens is 1. The Morgan fingerprint density at radius 1 is 1.53 bits per heavy atom. The third-order valence-electron chi connectivity index (χ3n) is 2.61. The number of aliphatic carboxylic acids is 1. The molecule has 15 heavy (non-hydrogen) atoms. The first-order valence-electron chi connectivity index (χ1n) is 4.62. The summed E-state index contributed by atoms with van der Waals surface area (Å²) in [6.07, 6.45) is 0.341. The summed E-state index contributed by atoms with van der Waals surface area (Å²) in [5.74, 6) is -0.980. The van der Waals surface area contributed by atoms with Gasteiger partial charge in [0.15, 0.2) is 5.78 Å². The van der Waals surface area contributed by atoms with Crippen molar-refractivity contribution >= 4 is 27.7 Å². The van der Waals surface area contributed by atoms with E-state index in [-0.39, 0.29) is 18.1 Å². The smallest absolute Gasteiger partial charge is 0.303 e. The summed E-state index contributed by atoms with van der Waals surface area (Å²) in [7, 11) is 0. The van der Waals surface area contributed by atoms with Gasteiger partial charge >= 0.3 is 5.97 Å². The van der Waals surface area contributed by atoms with Gasteiger partial charge in [0.2, 0.25) is 0 Å². The lowest BCUT2D eigenvalue weighted by Crippen LogP contribution is -2.03. The number of carbonyl (C=O) groups is 2. The lowest BCUT2D eigenvalue weighted by Gasteiger charge is -2.07. The van der Waals surface area contributed by atoms with Gasteiger partial charge in [-0.1, -0.05) is 22.0 Å². The van der Waals surface area contributed by atoms with E-state index in [1.807, 2.05) is 6.07 Å². The molecule has 0 bridgehead atoms. The maximum absolute atomic E-state index is 11.6. The van der Waals surface area contributed by atoms with Gasteiger partial charge in [-0.25, -0.2) is 0 Å². The predicted octanol–water partition coefficient (Wildman–Crippen LogP) is 2.59. The summed E-state index contributed by atoms with van der Waals surface area (Å²) in [5, 5.41) is 8.73. The van der Waals surface area contributed by atoms with Gasteiger partial charge in [-0.05, 0) is 17.7 Å². The number of hydrogen-bond acceptors (Lipinski definition) is 2. The number of hydrogen-bond donors (Lipinski definition) is 1. The van der Waals surface area contributed by atoms with E-state index in [1.165, 1.54) is 0 Å². The third kappa shape index (κ3) is 1.95. The molecule has 4 heteroatoms. The van der Waals surface area contributed by atoms with Gasteiger partial charge in [-0.3, -0.25) is 9.59 Å². The molecule has 1 aliphatic carbocycles. The lowest BCUT2D eigenvalue weighted by molar-refractivity contribution is -0.137. The van der Waals surface area contributed by atoms with E-state index in [0.717, 1.165) is 10.0 Å². The number of carboxylic acid groups (broad SMARTS) is 1. The molecule has 0 aromatic heterocycles. The standard InChI is InChI=1S/C11H9BrO3/c12-7-1-2-8-9(5-7)6(3-10(8)13)4-11(14)15/h1-2,5-6H,3-4H2,(H,14,15)/t6-/m0/s1. The Labute approximate surface area is 95.2 Å². The number of ketones is 1. The van der Waals surface area contributed by atoms with Crippen LogP contribution in [0.15, 0.2) is 22.7 Å². The second-order valence-corrected chi connectivity index (χ2v) is 4.57. The molecule has 1 atom stereocenters. The number of Topliss-reactive ketones (excluding diaryl/α,β-unsaturated/α-hetero) is 1. The van der Waals surface area contributed by atoms with Crippen molar-refractivity contribution in [2.24, 2.45) is 0 Å². The molecule has 0 amide bonds. The van der Waals surface area contributed by atoms with Gasteiger partial charge < -0.3 is 5.11 Å². The molecule has 78 valence electrons. The highest BCUT2D eigenvalue weighted by molar-refractivity contribution is 9.10. The van der Waals surface area contributed by atoms with Crippen LogP contribution < -0.4 is 0 Å². The number of carbonyl (C=O) groups excluding carboxylic acids is 1. The van der Waals surface area contributed by atoms with Crippen molar-refractivity contribution in [1.29, 1.82) is 0 Å². The van der Waals surface area contributed by atoms with E-state index in [1.54, 1.807) is 12.1 Å². The maximum atomic E-state index is 11.6. The Balaban J connectivity index is 2.39. The van der Waals surface area contributed by atoms with Crippen LogP contribution in [-0.4, -0.2) is 16.9 Å². The molecule has 0 aliphatic heterocycles. The Morgan fingerprint density at radius 2 is 2.27 bits per heavy atom. The summed E-state index contributed by atoms with van der Waals surface area (Å²) in [6.45, 7) is 0. The van der Waals surface area contributed by atoms with Crippen LogP contribution >= 0.6 is 15.9 Å². The highest BCUT2D eigenvalue weighted by Gasteiger charge is 2.30. The summed E-state index contributed by atoms with van der Waals surface area (Å²) in [5.41, 5.74) is 1.53. The van der Waals surface area contributed by atoms with Gasteiger partial charge in [0.1, 0.15) is 0 Å². The summed E-state index contributed by atoms with van der Waals surface area (Å²) in [4.78, 5) is 22.2. The van der Waals surface area contributed by atoms with E-state index >= 15 is 0 Å². The van der Waals surface area contributed by atoms with Crippen LogP contribution in [0.2, 0.25) is 0 Å². The summed E-state index contributed by atoms with van der Waals surface area (Å²) >= 11 is 3.32. The van der Waals surface area contributed by atoms with Crippen molar-refractivity contribution < 1.29 is 14.7 Å². The minimum Gasteiger partial charge on any atom is -0.481 e. The first kappa shape index (κ1) is 10.4. The Bertz CT molecular complexity index is 437. The van der Waals surface area contributed by atoms with Crippen LogP contribution in [0.3, 0.4) is 0 Å². The quantitative estimate of drug-likeness (QED) is 0.897. The van der Waals surface area contributed by atoms with Crippen LogP contribution in [0.25, 0.3) is 0 Å². The van der Waals surface area contributed by atoms with Gasteiger partial charge in [-0.2, -0.15) is 0 Å². The van der Waals surface area contributed by atoms with Crippen LogP contribution in [-0.2, 0) is 4.79 Å². The molecule has 1 N–H and O–H groups in total. The van der Waals surface area contributed by atoms with Crippen molar-refractivity contribution in [3.05, 3.63) is 33.8 Å². The van der Waals surface area contributed by atoms with Crippen LogP contribution in [0, 0.1) is 0 Å². The maximum Gasteiger partial charge on any atom is 0.303 e. The van der Waals surface area contributed by atoms with E-state index in [9.17, 15) is 9.59 Å². The minimum atomic E-state index is -0.861. The number of carboxylic acids is 1. The van der Waals surface area contributed by atoms with Crippen LogP contribution in [0.4, 0.5) is 0 Å². The second-order valence-electron chi connectivity index (χ2n) is 3.65. The number of benzene rings is 1. The first-order valence-corrected chi connectivity index (χ1v) is 5.41. The fourth-order valence-corrected chi connectivity index (χ4v) is 2.34. The zero-order valence-electron chi connectivity index (χ0n) is 7.87. The van der Waals surface area contributed by atoms with Gasteiger partial charge in [0, 0.05) is 22.4 Å². The molecule has 0 saturated carbocycles. The van der Waals surface area contributed by atoms with E-state index in [0.29, 0.717) is 12.0 Å². The predicted molar refractivity (Wildman–Crippen MR) is 58.1 cm³/mol. The van der Waals surface area contributed by atoms with Crippen molar-refractivity contribution in [3.8, 4) is 0 Å². The SMILES string of the molecule is O=C(O)C[C@@H]1CC(=O)c2ccc(Br)cc21. The third-order valence-corrected chi connectivity index (χ3v) is 3.10. The largest absolute Gasteiger partial charge is 0.481 e. The van der Waals surface area contributed by atoms with Crippen LogP contribution in [0.1, 0.15) is 34.7 Å². The monoisotopic (exact) mass is 268 g/mol. The molecule has 1 aromatic carbocycles. The topological polar surface area (TPSA) is 54.4 Å². The van der Waals surface area contributed by atoms with Gasteiger partial charge in [-0.15, -0.1) is 0 Å². The first-order chi connectivity index (χ1) is 7.08. The van der Waals surface area contributed by atoms with Crippen LogP contribution in [0.5, 0.6) is 0 Å². The minimum absolute atomic E-state index is 0.0230. The van der Waals surface area contributed by atoms with Crippen molar-refractivity contribution in [1.82, 2.24) is 0 Å². The molecule has 0 radical (unpaired) electrons. The lowest BCUT2D eigenvalue weighted by atomic mass is 9.98. The molecule has 0 fully saturated rings. The number of rotatable bonds is 2. The average molecular weight is 269 g/mol. The normalized spacial score (nSPS) is 19.0. The Kier molecular flexibility index (Phi) is 2.61. The molecule has 1 aliphatic rings.